The van der Waals surface area contributed by atoms with Crippen molar-refractivity contribution in [1.29, 1.82) is 0 Å². The quantitative estimate of drug-likeness (QED) is 0.0922. The van der Waals surface area contributed by atoms with Gasteiger partial charge >= 0.3 is 5.97 Å². The zero-order valence-electron chi connectivity index (χ0n) is 21.1. The van der Waals surface area contributed by atoms with Gasteiger partial charge in [0, 0.05) is 36.5 Å². The minimum absolute atomic E-state index is 0.00571. The SMILES string of the molecule is NC(N)=NCCCC[C@H](N)C(=O)N[C@@H](Cc1ccccc1)C(=O)N[C@@H](Cc1c[nH]c2ccccc12)C(=O)O. The third-order valence-electron chi connectivity index (χ3n) is 6.18. The highest BCUT2D eigenvalue weighted by atomic mass is 16.4. The van der Waals surface area contributed by atoms with Gasteiger partial charge in [-0.15, -0.1) is 0 Å². The molecule has 0 saturated heterocycles. The van der Waals surface area contributed by atoms with Crippen LogP contribution in [-0.4, -0.2) is 58.5 Å². The van der Waals surface area contributed by atoms with E-state index >= 15 is 0 Å². The van der Waals surface area contributed by atoms with Crippen LogP contribution in [0.2, 0.25) is 0 Å². The van der Waals surface area contributed by atoms with Crippen molar-refractivity contribution in [3.8, 4) is 0 Å². The number of carboxylic acid groups (broad SMARTS) is 1. The van der Waals surface area contributed by atoms with E-state index in [1.807, 2.05) is 54.6 Å². The zero-order valence-corrected chi connectivity index (χ0v) is 21.1. The van der Waals surface area contributed by atoms with Crippen LogP contribution in [0.25, 0.3) is 10.9 Å². The molecule has 3 aromatic rings. The molecule has 2 amide bonds. The summed E-state index contributed by atoms with van der Waals surface area (Å²) >= 11 is 0. The zero-order chi connectivity index (χ0) is 27.5. The van der Waals surface area contributed by atoms with E-state index in [1.54, 1.807) is 6.20 Å². The molecule has 2 aromatic carbocycles. The molecular weight excluding hydrogens is 486 g/mol. The van der Waals surface area contributed by atoms with Gasteiger partial charge in [0.25, 0.3) is 0 Å². The van der Waals surface area contributed by atoms with Crippen molar-refractivity contribution >= 4 is 34.6 Å². The van der Waals surface area contributed by atoms with Crippen molar-refractivity contribution in [2.45, 2.75) is 50.2 Å². The molecule has 0 radical (unpaired) electrons. The van der Waals surface area contributed by atoms with Crippen LogP contribution in [-0.2, 0) is 27.2 Å². The molecule has 0 aliphatic rings. The molecule has 0 fully saturated rings. The van der Waals surface area contributed by atoms with Crippen LogP contribution in [0.15, 0.2) is 65.8 Å². The van der Waals surface area contributed by atoms with E-state index < -0.39 is 35.9 Å². The summed E-state index contributed by atoms with van der Waals surface area (Å²) in [5.41, 5.74) is 19.1. The number of carboxylic acids is 1. The molecule has 0 spiro atoms. The Bertz CT molecular complexity index is 1250. The molecule has 202 valence electrons. The van der Waals surface area contributed by atoms with E-state index in [0.717, 1.165) is 22.0 Å². The molecule has 3 rings (SSSR count). The number of aromatic amines is 1. The highest BCUT2D eigenvalue weighted by molar-refractivity contribution is 5.92. The Morgan fingerprint density at radius 3 is 2.29 bits per heavy atom. The first-order chi connectivity index (χ1) is 18.2. The minimum atomic E-state index is -1.19. The van der Waals surface area contributed by atoms with Gasteiger partial charge in [0.1, 0.15) is 12.1 Å². The van der Waals surface area contributed by atoms with Gasteiger partial charge in [0.15, 0.2) is 5.96 Å². The summed E-state index contributed by atoms with van der Waals surface area (Å²) < 4.78 is 0. The van der Waals surface area contributed by atoms with Gasteiger partial charge in [-0.1, -0.05) is 48.5 Å². The number of guanidine groups is 1. The van der Waals surface area contributed by atoms with Crippen molar-refractivity contribution in [2.24, 2.45) is 22.2 Å². The van der Waals surface area contributed by atoms with Crippen LogP contribution in [0.4, 0.5) is 0 Å². The number of nitrogens with two attached hydrogens (primary N) is 3. The molecule has 1 aromatic heterocycles. The molecule has 0 aliphatic carbocycles. The number of aliphatic imine (C=N–C) groups is 1. The molecular formula is C27H35N7O4. The van der Waals surface area contributed by atoms with Gasteiger partial charge in [-0.3, -0.25) is 14.6 Å². The standard InChI is InChI=1S/C27H35N7O4/c28-20(11-6-7-13-31-27(29)30)24(35)33-22(14-17-8-2-1-3-9-17)25(36)34-23(26(37)38)15-18-16-32-21-12-5-4-10-19(18)21/h1-5,8-10,12,16,20,22-23,32H,6-7,11,13-15,28H2,(H,33,35)(H,34,36)(H,37,38)(H4,29,30,31)/t20-,22-,23-/m0/s1. The lowest BCUT2D eigenvalue weighted by Crippen LogP contribution is -2.55. The van der Waals surface area contributed by atoms with Crippen LogP contribution in [0.1, 0.15) is 30.4 Å². The minimum Gasteiger partial charge on any atom is -0.480 e. The fourth-order valence-corrected chi connectivity index (χ4v) is 4.15. The average Bonchev–Trinajstić information content (AvgIpc) is 3.30. The third-order valence-corrected chi connectivity index (χ3v) is 6.18. The summed E-state index contributed by atoms with van der Waals surface area (Å²) in [5, 5.41) is 16.1. The highest BCUT2D eigenvalue weighted by Gasteiger charge is 2.29. The number of amides is 2. The molecule has 10 N–H and O–H groups in total. The third kappa shape index (κ3) is 8.34. The smallest absolute Gasteiger partial charge is 0.326 e. The second-order valence-electron chi connectivity index (χ2n) is 9.12. The van der Waals surface area contributed by atoms with Gasteiger partial charge in [0.05, 0.1) is 6.04 Å². The van der Waals surface area contributed by atoms with Crippen molar-refractivity contribution in [3.05, 3.63) is 71.9 Å². The number of para-hydroxylation sites is 1. The molecule has 38 heavy (non-hydrogen) atoms. The number of nitrogens with one attached hydrogen (secondary N) is 3. The predicted octanol–water partition coefficient (Wildman–Crippen LogP) is 0.778. The Kier molecular flexibility index (Phi) is 10.2. The summed E-state index contributed by atoms with van der Waals surface area (Å²) in [6.07, 6.45) is 3.64. The number of H-pyrrole nitrogens is 1. The van der Waals surface area contributed by atoms with Crippen LogP contribution >= 0.6 is 0 Å². The lowest BCUT2D eigenvalue weighted by atomic mass is 10.0. The van der Waals surface area contributed by atoms with Crippen LogP contribution in [0.3, 0.4) is 0 Å². The summed E-state index contributed by atoms with van der Waals surface area (Å²) in [7, 11) is 0. The lowest BCUT2D eigenvalue weighted by molar-refractivity contribution is -0.142. The average molecular weight is 522 g/mol. The fourth-order valence-electron chi connectivity index (χ4n) is 4.15. The van der Waals surface area contributed by atoms with E-state index in [-0.39, 0.29) is 18.8 Å². The van der Waals surface area contributed by atoms with Gasteiger partial charge in [-0.05, 0) is 36.5 Å². The Morgan fingerprint density at radius 1 is 0.895 bits per heavy atom. The number of carbonyl (C=O) groups is 3. The van der Waals surface area contributed by atoms with E-state index in [1.165, 1.54) is 0 Å². The Labute approximate surface area is 220 Å². The number of carbonyl (C=O) groups excluding carboxylic acids is 2. The molecule has 0 unspecified atom stereocenters. The number of hydrogen-bond donors (Lipinski definition) is 7. The van der Waals surface area contributed by atoms with E-state index in [0.29, 0.717) is 25.8 Å². The molecule has 3 atom stereocenters. The van der Waals surface area contributed by atoms with Gasteiger partial charge in [0.2, 0.25) is 11.8 Å². The van der Waals surface area contributed by atoms with E-state index in [2.05, 4.69) is 20.6 Å². The molecule has 11 nitrogen and oxygen atoms in total. The number of nitrogens with zero attached hydrogens (tertiary/aromatic N) is 1. The maximum absolute atomic E-state index is 13.3. The Hall–Kier alpha value is -4.38. The van der Waals surface area contributed by atoms with Crippen molar-refractivity contribution in [3.63, 3.8) is 0 Å². The number of aromatic nitrogens is 1. The van der Waals surface area contributed by atoms with Crippen LogP contribution in [0.5, 0.6) is 0 Å². The monoisotopic (exact) mass is 521 g/mol. The molecule has 0 aliphatic heterocycles. The number of rotatable bonds is 14. The van der Waals surface area contributed by atoms with Crippen molar-refractivity contribution in [1.82, 2.24) is 15.6 Å². The predicted molar refractivity (Wildman–Crippen MR) is 146 cm³/mol. The highest BCUT2D eigenvalue weighted by Crippen LogP contribution is 2.19. The lowest BCUT2D eigenvalue weighted by Gasteiger charge is -2.23. The number of hydrogen-bond acceptors (Lipinski definition) is 5. The second kappa shape index (κ2) is 13.8. The summed E-state index contributed by atoms with van der Waals surface area (Å²) in [4.78, 5) is 45.2. The Morgan fingerprint density at radius 2 is 1.58 bits per heavy atom. The first-order valence-corrected chi connectivity index (χ1v) is 12.5. The largest absolute Gasteiger partial charge is 0.480 e. The number of fused-ring (bicyclic) bond motifs is 1. The first-order valence-electron chi connectivity index (χ1n) is 12.5. The topological polar surface area (TPSA) is 202 Å². The normalized spacial score (nSPS) is 13.3. The van der Waals surface area contributed by atoms with Crippen molar-refractivity contribution in [2.75, 3.05) is 6.54 Å². The van der Waals surface area contributed by atoms with Gasteiger partial charge in [-0.2, -0.15) is 0 Å². The second-order valence-corrected chi connectivity index (χ2v) is 9.12. The van der Waals surface area contributed by atoms with E-state index in [4.69, 9.17) is 17.2 Å². The van der Waals surface area contributed by atoms with Crippen LogP contribution in [0, 0.1) is 0 Å². The van der Waals surface area contributed by atoms with Gasteiger partial charge < -0.3 is 37.9 Å². The molecule has 0 bridgehead atoms. The summed E-state index contributed by atoms with van der Waals surface area (Å²) in [5.74, 6) is -2.27. The molecule has 0 saturated carbocycles. The first kappa shape index (κ1) is 28.2. The molecule has 1 heterocycles. The molecule has 11 heteroatoms. The van der Waals surface area contributed by atoms with Gasteiger partial charge in [-0.25, -0.2) is 4.79 Å². The summed E-state index contributed by atoms with van der Waals surface area (Å²) in [6, 6.07) is 13.6. The maximum Gasteiger partial charge on any atom is 0.326 e. The maximum atomic E-state index is 13.3. The van der Waals surface area contributed by atoms with Crippen molar-refractivity contribution < 1.29 is 19.5 Å². The summed E-state index contributed by atoms with van der Waals surface area (Å²) in [6.45, 7) is 0.433. The van der Waals surface area contributed by atoms with Crippen LogP contribution < -0.4 is 27.8 Å². The van der Waals surface area contributed by atoms with E-state index in [9.17, 15) is 19.5 Å². The number of benzene rings is 2. The Balaban J connectivity index is 1.68. The fraction of sp³-hybridized carbons (Fsp3) is 0.333. The number of aliphatic carboxylic acids is 1. The number of unbranched alkanes of at least 4 members (excludes halogenated alkanes) is 1.